The number of carbonyl (C=O) groups is 1. The Balaban J connectivity index is 2.67. The van der Waals surface area contributed by atoms with Crippen LogP contribution in [0.25, 0.3) is 0 Å². The number of aliphatic hydroxyl groups excluding tert-OH is 1. The molecule has 100 valence electrons. The van der Waals surface area contributed by atoms with Crippen molar-refractivity contribution >= 4 is 17.3 Å². The standard InChI is InChI=1S/C13H21N3O2/c1-9(17)4-3-7-16-12-8-10(14)5-6-11(12)13(18)15-2/h5-6,8-9,16-17H,3-4,7,14H2,1-2H3,(H,15,18). The maximum Gasteiger partial charge on any atom is 0.253 e. The maximum atomic E-state index is 11.7. The summed E-state index contributed by atoms with van der Waals surface area (Å²) in [6.45, 7) is 2.45. The minimum atomic E-state index is -0.300. The molecule has 1 aromatic carbocycles. The summed E-state index contributed by atoms with van der Waals surface area (Å²) in [4.78, 5) is 11.7. The summed E-state index contributed by atoms with van der Waals surface area (Å²) in [6.07, 6.45) is 1.26. The first-order valence-corrected chi connectivity index (χ1v) is 6.08. The average molecular weight is 251 g/mol. The van der Waals surface area contributed by atoms with Gasteiger partial charge in [0.1, 0.15) is 0 Å². The lowest BCUT2D eigenvalue weighted by molar-refractivity contribution is 0.0964. The molecule has 1 rings (SSSR count). The molecule has 1 atom stereocenters. The quantitative estimate of drug-likeness (QED) is 0.452. The maximum absolute atomic E-state index is 11.7. The van der Waals surface area contributed by atoms with Gasteiger partial charge in [-0.25, -0.2) is 0 Å². The van der Waals surface area contributed by atoms with E-state index < -0.39 is 0 Å². The van der Waals surface area contributed by atoms with Crippen molar-refractivity contribution in [1.82, 2.24) is 5.32 Å². The Bertz CT molecular complexity index is 405. The van der Waals surface area contributed by atoms with Crippen LogP contribution >= 0.6 is 0 Å². The molecule has 0 radical (unpaired) electrons. The van der Waals surface area contributed by atoms with Crippen LogP contribution in [-0.4, -0.2) is 30.7 Å². The average Bonchev–Trinajstić information content (AvgIpc) is 2.33. The molecule has 0 aliphatic rings. The summed E-state index contributed by atoms with van der Waals surface area (Å²) in [7, 11) is 1.59. The Hall–Kier alpha value is -1.75. The zero-order chi connectivity index (χ0) is 13.5. The highest BCUT2D eigenvalue weighted by atomic mass is 16.3. The van der Waals surface area contributed by atoms with Crippen molar-refractivity contribution in [2.45, 2.75) is 25.9 Å². The van der Waals surface area contributed by atoms with E-state index in [1.54, 1.807) is 32.2 Å². The topological polar surface area (TPSA) is 87.4 Å². The summed E-state index contributed by atoms with van der Waals surface area (Å²) >= 11 is 0. The number of carbonyl (C=O) groups excluding carboxylic acids is 1. The number of rotatable bonds is 6. The normalized spacial score (nSPS) is 11.9. The van der Waals surface area contributed by atoms with Crippen LogP contribution in [-0.2, 0) is 0 Å². The van der Waals surface area contributed by atoms with Crippen LogP contribution in [0.4, 0.5) is 11.4 Å². The van der Waals surface area contributed by atoms with E-state index in [2.05, 4.69) is 10.6 Å². The monoisotopic (exact) mass is 251 g/mol. The van der Waals surface area contributed by atoms with E-state index in [1.807, 2.05) is 0 Å². The molecule has 5 heteroatoms. The molecule has 1 aromatic rings. The first-order chi connectivity index (χ1) is 8.54. The summed E-state index contributed by atoms with van der Waals surface area (Å²) < 4.78 is 0. The third-order valence-electron chi connectivity index (χ3n) is 2.63. The SMILES string of the molecule is CNC(=O)c1ccc(N)cc1NCCCC(C)O. The second-order valence-corrected chi connectivity index (χ2v) is 4.30. The minimum Gasteiger partial charge on any atom is -0.399 e. The highest BCUT2D eigenvalue weighted by molar-refractivity contribution is 6.00. The molecule has 0 fully saturated rings. The van der Waals surface area contributed by atoms with Gasteiger partial charge >= 0.3 is 0 Å². The van der Waals surface area contributed by atoms with Gasteiger partial charge in [0.2, 0.25) is 0 Å². The molecular formula is C13H21N3O2. The highest BCUT2D eigenvalue weighted by Crippen LogP contribution is 2.19. The van der Waals surface area contributed by atoms with Crippen molar-refractivity contribution < 1.29 is 9.90 Å². The van der Waals surface area contributed by atoms with E-state index in [-0.39, 0.29) is 12.0 Å². The van der Waals surface area contributed by atoms with E-state index in [9.17, 15) is 4.79 Å². The van der Waals surface area contributed by atoms with Crippen molar-refractivity contribution in [1.29, 1.82) is 0 Å². The van der Waals surface area contributed by atoms with Crippen LogP contribution in [0.15, 0.2) is 18.2 Å². The van der Waals surface area contributed by atoms with E-state index >= 15 is 0 Å². The lowest BCUT2D eigenvalue weighted by atomic mass is 10.1. The van der Waals surface area contributed by atoms with Crippen molar-refractivity contribution in [3.05, 3.63) is 23.8 Å². The molecule has 18 heavy (non-hydrogen) atoms. The lowest BCUT2D eigenvalue weighted by Gasteiger charge is -2.12. The first-order valence-electron chi connectivity index (χ1n) is 6.08. The molecule has 0 heterocycles. The number of benzene rings is 1. The molecule has 0 spiro atoms. The molecule has 0 aromatic heterocycles. The lowest BCUT2D eigenvalue weighted by Crippen LogP contribution is -2.20. The van der Waals surface area contributed by atoms with E-state index in [0.29, 0.717) is 17.8 Å². The van der Waals surface area contributed by atoms with Gasteiger partial charge in [-0.2, -0.15) is 0 Å². The van der Waals surface area contributed by atoms with Gasteiger partial charge < -0.3 is 21.5 Å². The van der Waals surface area contributed by atoms with Gasteiger partial charge in [-0.3, -0.25) is 4.79 Å². The number of hydrogen-bond donors (Lipinski definition) is 4. The fraction of sp³-hybridized carbons (Fsp3) is 0.462. The van der Waals surface area contributed by atoms with Gasteiger partial charge in [-0.05, 0) is 38.0 Å². The second kappa shape index (κ2) is 6.86. The largest absolute Gasteiger partial charge is 0.399 e. The predicted molar refractivity (Wildman–Crippen MR) is 73.6 cm³/mol. The molecule has 0 saturated heterocycles. The Kier molecular flexibility index (Phi) is 5.45. The molecule has 5 nitrogen and oxygen atoms in total. The number of nitrogens with two attached hydrogens (primary N) is 1. The molecule has 1 unspecified atom stereocenters. The van der Waals surface area contributed by atoms with Gasteiger partial charge in [0.15, 0.2) is 0 Å². The Morgan fingerprint density at radius 1 is 1.50 bits per heavy atom. The van der Waals surface area contributed by atoms with E-state index in [4.69, 9.17) is 10.8 Å². The summed E-state index contributed by atoms with van der Waals surface area (Å²) in [5.74, 6) is -0.145. The number of anilines is 2. The van der Waals surface area contributed by atoms with Gasteiger partial charge in [-0.1, -0.05) is 0 Å². The van der Waals surface area contributed by atoms with E-state index in [1.165, 1.54) is 0 Å². The molecule has 0 aliphatic carbocycles. The number of hydrogen-bond acceptors (Lipinski definition) is 4. The third kappa shape index (κ3) is 4.25. The minimum absolute atomic E-state index is 0.145. The summed E-state index contributed by atoms with van der Waals surface area (Å²) in [6, 6.07) is 5.14. The fourth-order valence-corrected chi connectivity index (χ4v) is 1.66. The smallest absolute Gasteiger partial charge is 0.253 e. The number of aliphatic hydroxyl groups is 1. The van der Waals surface area contributed by atoms with Crippen LogP contribution in [0.3, 0.4) is 0 Å². The Morgan fingerprint density at radius 3 is 2.83 bits per heavy atom. The van der Waals surface area contributed by atoms with Crippen LogP contribution in [0, 0.1) is 0 Å². The number of nitrogens with one attached hydrogen (secondary N) is 2. The van der Waals surface area contributed by atoms with Crippen LogP contribution in [0.1, 0.15) is 30.1 Å². The van der Waals surface area contributed by atoms with Gasteiger partial charge in [-0.15, -0.1) is 0 Å². The van der Waals surface area contributed by atoms with Crippen LogP contribution in [0.5, 0.6) is 0 Å². The fourth-order valence-electron chi connectivity index (χ4n) is 1.66. The van der Waals surface area contributed by atoms with Crippen molar-refractivity contribution in [2.75, 3.05) is 24.6 Å². The molecule has 0 aliphatic heterocycles. The van der Waals surface area contributed by atoms with Crippen molar-refractivity contribution in [3.63, 3.8) is 0 Å². The molecular weight excluding hydrogens is 230 g/mol. The highest BCUT2D eigenvalue weighted by Gasteiger charge is 2.09. The summed E-state index contributed by atoms with van der Waals surface area (Å²) in [5, 5.41) is 14.9. The Labute approximate surface area is 107 Å². The zero-order valence-electron chi connectivity index (χ0n) is 10.9. The second-order valence-electron chi connectivity index (χ2n) is 4.30. The van der Waals surface area contributed by atoms with Gasteiger partial charge in [0.25, 0.3) is 5.91 Å². The molecule has 1 amide bonds. The van der Waals surface area contributed by atoms with Gasteiger partial charge in [0, 0.05) is 25.0 Å². The molecule has 0 saturated carbocycles. The van der Waals surface area contributed by atoms with E-state index in [0.717, 1.165) is 18.5 Å². The molecule has 0 bridgehead atoms. The van der Waals surface area contributed by atoms with Crippen LogP contribution in [0.2, 0.25) is 0 Å². The number of amides is 1. The third-order valence-corrected chi connectivity index (χ3v) is 2.63. The number of nitrogen functional groups attached to an aromatic ring is 1. The van der Waals surface area contributed by atoms with Crippen molar-refractivity contribution in [3.8, 4) is 0 Å². The van der Waals surface area contributed by atoms with Gasteiger partial charge in [0.05, 0.1) is 11.7 Å². The summed E-state index contributed by atoms with van der Waals surface area (Å²) in [5.41, 5.74) is 7.62. The van der Waals surface area contributed by atoms with Crippen LogP contribution < -0.4 is 16.4 Å². The Morgan fingerprint density at radius 2 is 2.22 bits per heavy atom. The zero-order valence-corrected chi connectivity index (χ0v) is 10.9. The van der Waals surface area contributed by atoms with Crippen molar-refractivity contribution in [2.24, 2.45) is 0 Å². The molecule has 5 N–H and O–H groups in total. The predicted octanol–water partition coefficient (Wildman–Crippen LogP) is 1.20. The first kappa shape index (κ1) is 14.3.